The number of aromatic nitrogens is 5. The van der Waals surface area contributed by atoms with Crippen LogP contribution < -0.4 is 4.90 Å². The third-order valence-corrected chi connectivity index (χ3v) is 6.10. The largest absolute Gasteiger partial charge is 0.417 e. The zero-order chi connectivity index (χ0) is 23.9. The van der Waals surface area contributed by atoms with Crippen molar-refractivity contribution >= 4 is 34.2 Å². The number of amides is 1. The van der Waals surface area contributed by atoms with Crippen molar-refractivity contribution in [3.8, 4) is 11.5 Å². The molecule has 1 amide bonds. The maximum atomic E-state index is 13.2. The van der Waals surface area contributed by atoms with Gasteiger partial charge in [-0.25, -0.2) is 14.6 Å². The van der Waals surface area contributed by atoms with E-state index in [0.29, 0.717) is 49.0 Å². The Bertz CT molecular complexity index is 1330. The summed E-state index contributed by atoms with van der Waals surface area (Å²) in [5, 5.41) is 5.00. The summed E-state index contributed by atoms with van der Waals surface area (Å²) in [6, 6.07) is 7.53. The van der Waals surface area contributed by atoms with Crippen LogP contribution in [-0.2, 0) is 17.5 Å². The standard InChI is InChI=1S/C22H19ClF3N7O/c23-17-4-3-14(12-16(17)22(24,25)26)31-8-10-32(11-9-31)18(34)13-33-21-15(2-1-5-29-21)19(30-33)20-27-6-7-28-20/h1-7,12H,8-11,13H2,(H,27,28). The number of imidazole rings is 1. The SMILES string of the molecule is O=C(Cn1nc(-c2ncc[nH]2)c2cccnc21)N1CCN(c2ccc(Cl)c(C(F)(F)F)c2)CC1. The Kier molecular flexibility index (Phi) is 5.64. The van der Waals surface area contributed by atoms with Gasteiger partial charge in [-0.05, 0) is 30.3 Å². The summed E-state index contributed by atoms with van der Waals surface area (Å²) in [5.74, 6) is 0.437. The van der Waals surface area contributed by atoms with Gasteiger partial charge >= 0.3 is 6.18 Å². The number of benzene rings is 1. The maximum absolute atomic E-state index is 13.2. The highest BCUT2D eigenvalue weighted by atomic mass is 35.5. The van der Waals surface area contributed by atoms with E-state index < -0.39 is 11.7 Å². The molecule has 8 nitrogen and oxygen atoms in total. The molecule has 1 N–H and O–H groups in total. The average Bonchev–Trinajstić information content (AvgIpc) is 3.47. The quantitative estimate of drug-likeness (QED) is 0.471. The fraction of sp³-hybridized carbons (Fsp3) is 0.273. The Labute approximate surface area is 197 Å². The van der Waals surface area contributed by atoms with Crippen LogP contribution in [0.25, 0.3) is 22.6 Å². The lowest BCUT2D eigenvalue weighted by Crippen LogP contribution is -2.49. The molecule has 1 aliphatic heterocycles. The Balaban J connectivity index is 1.29. The van der Waals surface area contributed by atoms with Gasteiger partial charge in [0.15, 0.2) is 11.5 Å². The number of anilines is 1. The fourth-order valence-corrected chi connectivity index (χ4v) is 4.28. The topological polar surface area (TPSA) is 82.9 Å². The van der Waals surface area contributed by atoms with Crippen molar-refractivity contribution in [2.45, 2.75) is 12.7 Å². The van der Waals surface area contributed by atoms with E-state index in [4.69, 9.17) is 11.6 Å². The first-order valence-electron chi connectivity index (χ1n) is 10.5. The predicted octanol–water partition coefficient (Wildman–Crippen LogP) is 3.84. The molecular weight excluding hydrogens is 471 g/mol. The molecule has 0 bridgehead atoms. The van der Waals surface area contributed by atoms with Crippen LogP contribution in [0.1, 0.15) is 5.56 Å². The lowest BCUT2D eigenvalue weighted by Gasteiger charge is -2.36. The minimum Gasteiger partial charge on any atom is -0.368 e. The normalized spacial score (nSPS) is 14.7. The Morgan fingerprint density at radius 1 is 1.09 bits per heavy atom. The van der Waals surface area contributed by atoms with Crippen LogP contribution in [0.15, 0.2) is 48.9 Å². The van der Waals surface area contributed by atoms with Crippen LogP contribution in [0.3, 0.4) is 0 Å². The van der Waals surface area contributed by atoms with E-state index >= 15 is 0 Å². The zero-order valence-electron chi connectivity index (χ0n) is 17.8. The second-order valence-electron chi connectivity index (χ2n) is 7.85. The molecule has 1 aliphatic rings. The number of fused-ring (bicyclic) bond motifs is 1. The third kappa shape index (κ3) is 4.18. The Morgan fingerprint density at radius 3 is 2.59 bits per heavy atom. The summed E-state index contributed by atoms with van der Waals surface area (Å²) < 4.78 is 41.1. The van der Waals surface area contributed by atoms with Crippen LogP contribution >= 0.6 is 11.6 Å². The van der Waals surface area contributed by atoms with E-state index in [-0.39, 0.29) is 17.5 Å². The van der Waals surface area contributed by atoms with Crippen molar-refractivity contribution in [1.29, 1.82) is 0 Å². The van der Waals surface area contributed by atoms with E-state index in [1.165, 1.54) is 6.07 Å². The number of pyridine rings is 1. The number of nitrogens with zero attached hydrogens (tertiary/aromatic N) is 6. The molecule has 3 aromatic heterocycles. The summed E-state index contributed by atoms with van der Waals surface area (Å²) in [5.41, 5.74) is 0.737. The Hall–Kier alpha value is -3.60. The van der Waals surface area contributed by atoms with Crippen LogP contribution in [0.4, 0.5) is 18.9 Å². The van der Waals surface area contributed by atoms with Crippen molar-refractivity contribution in [1.82, 2.24) is 29.6 Å². The number of rotatable bonds is 4. The molecule has 5 rings (SSSR count). The molecule has 0 saturated carbocycles. The number of H-pyrrole nitrogens is 1. The van der Waals surface area contributed by atoms with Gasteiger partial charge < -0.3 is 14.8 Å². The molecular formula is C22H19ClF3N7O. The smallest absolute Gasteiger partial charge is 0.368 e. The molecule has 1 aromatic carbocycles. The minimum atomic E-state index is -4.53. The first-order valence-corrected chi connectivity index (χ1v) is 10.9. The molecule has 1 fully saturated rings. The highest BCUT2D eigenvalue weighted by molar-refractivity contribution is 6.31. The molecule has 0 aliphatic carbocycles. The van der Waals surface area contributed by atoms with Crippen LogP contribution in [0, 0.1) is 0 Å². The molecule has 0 radical (unpaired) electrons. The number of halogens is 4. The molecule has 0 spiro atoms. The first kappa shape index (κ1) is 22.2. The molecule has 176 valence electrons. The van der Waals surface area contributed by atoms with Gasteiger partial charge in [-0.15, -0.1) is 0 Å². The highest BCUT2D eigenvalue weighted by Gasteiger charge is 2.34. The lowest BCUT2D eigenvalue weighted by atomic mass is 10.1. The van der Waals surface area contributed by atoms with E-state index in [1.54, 1.807) is 40.3 Å². The first-order chi connectivity index (χ1) is 16.3. The molecule has 4 aromatic rings. The Morgan fingerprint density at radius 2 is 1.88 bits per heavy atom. The van der Waals surface area contributed by atoms with Crippen molar-refractivity contribution in [3.63, 3.8) is 0 Å². The van der Waals surface area contributed by atoms with Crippen molar-refractivity contribution in [2.24, 2.45) is 0 Å². The highest BCUT2D eigenvalue weighted by Crippen LogP contribution is 2.37. The second kappa shape index (κ2) is 8.64. The molecule has 0 unspecified atom stereocenters. The summed E-state index contributed by atoms with van der Waals surface area (Å²) in [7, 11) is 0. The number of hydrogen-bond acceptors (Lipinski definition) is 5. The zero-order valence-corrected chi connectivity index (χ0v) is 18.5. The summed E-state index contributed by atoms with van der Waals surface area (Å²) in [6.45, 7) is 1.55. The number of aromatic amines is 1. The van der Waals surface area contributed by atoms with Gasteiger partial charge in [0.2, 0.25) is 5.91 Å². The van der Waals surface area contributed by atoms with E-state index in [2.05, 4.69) is 20.1 Å². The number of nitrogens with one attached hydrogen (secondary N) is 1. The van der Waals surface area contributed by atoms with E-state index in [0.717, 1.165) is 11.5 Å². The van der Waals surface area contributed by atoms with Gasteiger partial charge in [0.1, 0.15) is 12.2 Å². The number of carbonyl (C=O) groups is 1. The second-order valence-corrected chi connectivity index (χ2v) is 8.26. The molecule has 34 heavy (non-hydrogen) atoms. The van der Waals surface area contributed by atoms with Crippen molar-refractivity contribution < 1.29 is 18.0 Å². The van der Waals surface area contributed by atoms with Crippen LogP contribution in [-0.4, -0.2) is 61.7 Å². The van der Waals surface area contributed by atoms with Gasteiger partial charge in [0, 0.05) is 50.5 Å². The average molecular weight is 490 g/mol. The third-order valence-electron chi connectivity index (χ3n) is 5.77. The maximum Gasteiger partial charge on any atom is 0.417 e. The molecule has 4 heterocycles. The molecule has 12 heteroatoms. The number of piperazine rings is 1. The molecule has 0 atom stereocenters. The minimum absolute atomic E-state index is 0.00656. The summed E-state index contributed by atoms with van der Waals surface area (Å²) >= 11 is 5.73. The van der Waals surface area contributed by atoms with E-state index in [1.807, 2.05) is 11.0 Å². The van der Waals surface area contributed by atoms with Crippen molar-refractivity contribution in [3.05, 3.63) is 59.5 Å². The number of hydrogen-bond donors (Lipinski definition) is 1. The van der Waals surface area contributed by atoms with E-state index in [9.17, 15) is 18.0 Å². The monoisotopic (exact) mass is 489 g/mol. The molecule has 1 saturated heterocycles. The van der Waals surface area contributed by atoms with Crippen molar-refractivity contribution in [2.75, 3.05) is 31.1 Å². The fourth-order valence-electron chi connectivity index (χ4n) is 4.06. The summed E-state index contributed by atoms with van der Waals surface area (Å²) in [6.07, 6.45) is 0.427. The number of alkyl halides is 3. The number of carbonyl (C=O) groups excluding carboxylic acids is 1. The summed E-state index contributed by atoms with van der Waals surface area (Å²) in [4.78, 5) is 28.1. The van der Waals surface area contributed by atoms with Gasteiger partial charge in [-0.3, -0.25) is 4.79 Å². The van der Waals surface area contributed by atoms with Gasteiger partial charge in [0.05, 0.1) is 16.0 Å². The van der Waals surface area contributed by atoms with Gasteiger partial charge in [-0.1, -0.05) is 11.6 Å². The predicted molar refractivity (Wildman–Crippen MR) is 120 cm³/mol. The van der Waals surface area contributed by atoms with Crippen LogP contribution in [0.5, 0.6) is 0 Å². The van der Waals surface area contributed by atoms with Gasteiger partial charge in [-0.2, -0.15) is 18.3 Å². The lowest BCUT2D eigenvalue weighted by molar-refractivity contribution is -0.137. The van der Waals surface area contributed by atoms with Gasteiger partial charge in [0.25, 0.3) is 0 Å². The van der Waals surface area contributed by atoms with Crippen LogP contribution in [0.2, 0.25) is 5.02 Å².